The van der Waals surface area contributed by atoms with E-state index in [1.807, 2.05) is 0 Å². The second-order valence-electron chi connectivity index (χ2n) is 6.71. The number of methoxy groups -OCH3 is 1. The van der Waals surface area contributed by atoms with E-state index in [4.69, 9.17) is 13.9 Å². The summed E-state index contributed by atoms with van der Waals surface area (Å²) < 4.78 is 16.0. The highest BCUT2D eigenvalue weighted by atomic mass is 16.5. The van der Waals surface area contributed by atoms with Gasteiger partial charge in [0.05, 0.1) is 13.7 Å². The minimum Gasteiger partial charge on any atom is -0.497 e. The van der Waals surface area contributed by atoms with E-state index in [2.05, 4.69) is 4.90 Å². The molecular weight excluding hydrogens is 346 g/mol. The topological polar surface area (TPSA) is 69.0 Å². The molecule has 1 aliphatic heterocycles. The van der Waals surface area contributed by atoms with Crippen molar-refractivity contribution < 1.29 is 18.7 Å². The van der Waals surface area contributed by atoms with Crippen LogP contribution in [0.2, 0.25) is 0 Å². The number of carbonyl (C=O) groups excluding carboxylic acids is 1. The summed E-state index contributed by atoms with van der Waals surface area (Å²) in [5.41, 5.74) is 0.228. The first-order chi connectivity index (χ1) is 13.2. The van der Waals surface area contributed by atoms with Crippen molar-refractivity contribution >= 4 is 5.78 Å². The second-order valence-corrected chi connectivity index (χ2v) is 6.71. The smallest absolute Gasteiger partial charge is 0.227 e. The Hall–Kier alpha value is -2.60. The first kappa shape index (κ1) is 19.2. The number of Topliss-reactive ketones (excluding diaryl/α,β-unsaturated/α-hetero) is 1. The van der Waals surface area contributed by atoms with Gasteiger partial charge in [0.1, 0.15) is 17.8 Å². The normalized spacial score (nSPS) is 15.1. The number of hydrogen-bond acceptors (Lipinski definition) is 6. The molecule has 6 nitrogen and oxygen atoms in total. The quantitative estimate of drug-likeness (QED) is 0.696. The lowest BCUT2D eigenvalue weighted by Crippen LogP contribution is -2.24. The fourth-order valence-electron chi connectivity index (χ4n) is 3.14. The molecule has 2 aromatic rings. The van der Waals surface area contributed by atoms with E-state index in [0.29, 0.717) is 23.6 Å². The molecule has 0 saturated carbocycles. The molecule has 0 N–H and O–H groups in total. The van der Waals surface area contributed by atoms with Gasteiger partial charge in [0.2, 0.25) is 11.2 Å². The van der Waals surface area contributed by atoms with Crippen LogP contribution in [-0.4, -0.2) is 37.5 Å². The number of ketones is 1. The third kappa shape index (κ3) is 5.44. The number of benzene rings is 1. The van der Waals surface area contributed by atoms with Crippen molar-refractivity contribution in [3.63, 3.8) is 0 Å². The molecule has 0 aliphatic carbocycles. The van der Waals surface area contributed by atoms with Gasteiger partial charge in [0.25, 0.3) is 0 Å². The zero-order valence-corrected chi connectivity index (χ0v) is 15.6. The summed E-state index contributed by atoms with van der Waals surface area (Å²) in [5.74, 6) is 1.13. The molecule has 0 spiro atoms. The lowest BCUT2D eigenvalue weighted by molar-refractivity contribution is 0.0919. The first-order valence-electron chi connectivity index (χ1n) is 9.30. The van der Waals surface area contributed by atoms with Crippen LogP contribution in [0.3, 0.4) is 0 Å². The molecule has 1 saturated heterocycles. The van der Waals surface area contributed by atoms with Crippen molar-refractivity contribution in [2.45, 2.75) is 32.2 Å². The van der Waals surface area contributed by atoms with E-state index in [9.17, 15) is 9.59 Å². The van der Waals surface area contributed by atoms with Gasteiger partial charge in [0.15, 0.2) is 12.4 Å². The van der Waals surface area contributed by atoms with Gasteiger partial charge in [-0.05, 0) is 50.2 Å². The van der Waals surface area contributed by atoms with E-state index in [1.54, 1.807) is 31.4 Å². The molecule has 0 unspecified atom stereocenters. The molecular formula is C21H25NO5. The average Bonchev–Trinajstić information content (AvgIpc) is 2.96. The van der Waals surface area contributed by atoms with E-state index in [1.165, 1.54) is 38.0 Å². The molecule has 1 aromatic carbocycles. The minimum absolute atomic E-state index is 0.0523. The Balaban J connectivity index is 1.57. The van der Waals surface area contributed by atoms with Gasteiger partial charge in [-0.25, -0.2) is 0 Å². The van der Waals surface area contributed by atoms with Crippen LogP contribution in [0.4, 0.5) is 0 Å². The molecule has 144 valence electrons. The highest BCUT2D eigenvalue weighted by Gasteiger charge is 2.13. The molecule has 3 rings (SSSR count). The van der Waals surface area contributed by atoms with Gasteiger partial charge in [-0.1, -0.05) is 12.8 Å². The Morgan fingerprint density at radius 3 is 2.44 bits per heavy atom. The van der Waals surface area contributed by atoms with Gasteiger partial charge in [0, 0.05) is 11.6 Å². The summed E-state index contributed by atoms with van der Waals surface area (Å²) in [4.78, 5) is 26.7. The fourth-order valence-corrected chi connectivity index (χ4v) is 3.14. The summed E-state index contributed by atoms with van der Waals surface area (Å²) >= 11 is 0. The molecule has 1 fully saturated rings. The van der Waals surface area contributed by atoms with Crippen molar-refractivity contribution in [2.75, 3.05) is 26.8 Å². The van der Waals surface area contributed by atoms with E-state index < -0.39 is 0 Å². The number of likely N-dealkylation sites (tertiary alicyclic amines) is 1. The summed E-state index contributed by atoms with van der Waals surface area (Å²) in [5, 5.41) is 0. The molecule has 1 aromatic heterocycles. The number of nitrogens with zero attached hydrogens (tertiary/aromatic N) is 1. The predicted molar refractivity (Wildman–Crippen MR) is 102 cm³/mol. The molecule has 0 bridgehead atoms. The van der Waals surface area contributed by atoms with Crippen LogP contribution in [0.5, 0.6) is 11.5 Å². The third-order valence-electron chi connectivity index (χ3n) is 4.70. The van der Waals surface area contributed by atoms with E-state index >= 15 is 0 Å². The Morgan fingerprint density at radius 2 is 1.81 bits per heavy atom. The Bertz CT molecular complexity index is 804. The van der Waals surface area contributed by atoms with Gasteiger partial charge >= 0.3 is 0 Å². The van der Waals surface area contributed by atoms with Crippen molar-refractivity contribution in [1.29, 1.82) is 0 Å². The Labute approximate surface area is 158 Å². The van der Waals surface area contributed by atoms with E-state index in [0.717, 1.165) is 13.1 Å². The minimum atomic E-state index is -0.270. The summed E-state index contributed by atoms with van der Waals surface area (Å²) in [6, 6.07) is 8.20. The fraction of sp³-hybridized carbons (Fsp3) is 0.429. The number of rotatable bonds is 7. The maximum absolute atomic E-state index is 12.3. The summed E-state index contributed by atoms with van der Waals surface area (Å²) in [6.45, 7) is 2.46. The SMILES string of the molecule is COc1ccc(C(=O)COc2coc(CN3CCCCCC3)cc2=O)cc1. The van der Waals surface area contributed by atoms with Crippen molar-refractivity contribution in [3.8, 4) is 11.5 Å². The number of hydrogen-bond donors (Lipinski definition) is 0. The molecule has 0 amide bonds. The van der Waals surface area contributed by atoms with Crippen molar-refractivity contribution in [2.24, 2.45) is 0 Å². The van der Waals surface area contributed by atoms with Gasteiger partial charge in [-0.3, -0.25) is 14.5 Å². The lowest BCUT2D eigenvalue weighted by atomic mass is 10.1. The van der Waals surface area contributed by atoms with Crippen LogP contribution < -0.4 is 14.9 Å². The van der Waals surface area contributed by atoms with Crippen LogP contribution in [0.15, 0.2) is 45.8 Å². The highest BCUT2D eigenvalue weighted by Crippen LogP contribution is 2.15. The molecule has 27 heavy (non-hydrogen) atoms. The Morgan fingerprint density at radius 1 is 1.11 bits per heavy atom. The maximum Gasteiger partial charge on any atom is 0.227 e. The number of carbonyl (C=O) groups is 1. The van der Waals surface area contributed by atoms with Crippen LogP contribution in [0.1, 0.15) is 41.8 Å². The summed E-state index contributed by atoms with van der Waals surface area (Å²) in [7, 11) is 1.57. The highest BCUT2D eigenvalue weighted by molar-refractivity contribution is 5.97. The second kappa shape index (κ2) is 9.37. The summed E-state index contributed by atoms with van der Waals surface area (Å²) in [6.07, 6.45) is 6.18. The monoisotopic (exact) mass is 371 g/mol. The number of ether oxygens (including phenoxy) is 2. The van der Waals surface area contributed by atoms with Crippen LogP contribution in [0.25, 0.3) is 0 Å². The molecule has 0 radical (unpaired) electrons. The zero-order chi connectivity index (χ0) is 19.1. The standard InChI is InChI=1S/C21H25NO5/c1-25-17-8-6-16(7-9-17)20(24)14-27-21-15-26-18(12-19(21)23)13-22-10-4-2-3-5-11-22/h6-9,12,15H,2-5,10-11,13-14H2,1H3. The van der Waals surface area contributed by atoms with Crippen LogP contribution in [-0.2, 0) is 6.54 Å². The Kier molecular flexibility index (Phi) is 6.65. The third-order valence-corrected chi connectivity index (χ3v) is 4.70. The molecule has 6 heteroatoms. The molecule has 0 atom stereocenters. The van der Waals surface area contributed by atoms with E-state index in [-0.39, 0.29) is 23.6 Å². The van der Waals surface area contributed by atoms with Crippen LogP contribution in [0, 0.1) is 0 Å². The average molecular weight is 371 g/mol. The molecule has 2 heterocycles. The first-order valence-corrected chi connectivity index (χ1v) is 9.30. The predicted octanol–water partition coefficient (Wildman–Crippen LogP) is 3.29. The van der Waals surface area contributed by atoms with Crippen LogP contribution >= 0.6 is 0 Å². The lowest BCUT2D eigenvalue weighted by Gasteiger charge is -2.18. The van der Waals surface area contributed by atoms with Crippen molar-refractivity contribution in [3.05, 3.63) is 58.1 Å². The van der Waals surface area contributed by atoms with Gasteiger partial charge in [-0.2, -0.15) is 0 Å². The van der Waals surface area contributed by atoms with Crippen molar-refractivity contribution in [1.82, 2.24) is 4.90 Å². The molecule has 1 aliphatic rings. The zero-order valence-electron chi connectivity index (χ0n) is 15.6. The van der Waals surface area contributed by atoms with Gasteiger partial charge < -0.3 is 13.9 Å². The van der Waals surface area contributed by atoms with Gasteiger partial charge in [-0.15, -0.1) is 0 Å². The maximum atomic E-state index is 12.3. The largest absolute Gasteiger partial charge is 0.497 e.